The molecule has 21 heavy (non-hydrogen) atoms. The fraction of sp³-hybridized carbons (Fsp3) is 0.625. The largest absolute Gasteiger partial charge is 0.416 e. The lowest BCUT2D eigenvalue weighted by molar-refractivity contribution is -0.138. The molecule has 0 radical (unpaired) electrons. The maximum atomic E-state index is 12.9. The third kappa shape index (κ3) is 4.13. The van der Waals surface area contributed by atoms with Crippen molar-refractivity contribution in [3.05, 3.63) is 29.3 Å². The molecule has 2 N–H and O–H groups in total. The number of nitrogens with two attached hydrogens (primary N) is 1. The Balaban J connectivity index is 2.25. The van der Waals surface area contributed by atoms with Gasteiger partial charge in [-0.25, -0.2) is 0 Å². The van der Waals surface area contributed by atoms with Crippen molar-refractivity contribution < 1.29 is 13.2 Å². The molecule has 0 amide bonds. The average Bonchev–Trinajstić information content (AvgIpc) is 3.21. The molecular weight excluding hydrogens is 277 g/mol. The van der Waals surface area contributed by atoms with E-state index in [9.17, 15) is 13.2 Å². The van der Waals surface area contributed by atoms with Crippen LogP contribution in [-0.4, -0.2) is 12.6 Å². The average molecular weight is 300 g/mol. The molecule has 1 aliphatic carbocycles. The molecule has 1 aromatic rings. The Kier molecular flexibility index (Phi) is 4.81. The lowest BCUT2D eigenvalue weighted by Crippen LogP contribution is -2.28. The minimum atomic E-state index is -4.34. The molecule has 0 atom stereocenters. The van der Waals surface area contributed by atoms with Gasteiger partial charge in [0.2, 0.25) is 0 Å². The smallest absolute Gasteiger partial charge is 0.369 e. The van der Waals surface area contributed by atoms with Crippen molar-refractivity contribution in [2.75, 3.05) is 11.4 Å². The second kappa shape index (κ2) is 6.26. The first-order valence-corrected chi connectivity index (χ1v) is 7.49. The minimum Gasteiger partial charge on any atom is -0.369 e. The van der Waals surface area contributed by atoms with Crippen LogP contribution in [0.25, 0.3) is 0 Å². The SMILES string of the molecule is CC(C)CCN(c1ccc(C(F)(F)F)c(CN)c1)C1CC1. The summed E-state index contributed by atoms with van der Waals surface area (Å²) in [7, 11) is 0. The van der Waals surface area contributed by atoms with Crippen LogP contribution in [0.3, 0.4) is 0 Å². The van der Waals surface area contributed by atoms with E-state index < -0.39 is 11.7 Å². The zero-order valence-electron chi connectivity index (χ0n) is 12.6. The number of rotatable bonds is 6. The molecule has 0 bridgehead atoms. The van der Waals surface area contributed by atoms with Gasteiger partial charge in [0.25, 0.3) is 0 Å². The van der Waals surface area contributed by atoms with Crippen molar-refractivity contribution in [3.63, 3.8) is 0 Å². The molecular formula is C16H23F3N2. The first kappa shape index (κ1) is 16.1. The number of benzene rings is 1. The summed E-state index contributed by atoms with van der Waals surface area (Å²) < 4.78 is 38.8. The van der Waals surface area contributed by atoms with E-state index >= 15 is 0 Å². The number of anilines is 1. The van der Waals surface area contributed by atoms with Crippen LogP contribution >= 0.6 is 0 Å². The first-order chi connectivity index (χ1) is 9.82. The van der Waals surface area contributed by atoms with E-state index in [1.54, 1.807) is 12.1 Å². The Bertz CT molecular complexity index is 479. The van der Waals surface area contributed by atoms with E-state index in [1.807, 2.05) is 0 Å². The molecule has 1 aliphatic rings. The molecule has 0 unspecified atom stereocenters. The van der Waals surface area contributed by atoms with Crippen LogP contribution in [0.5, 0.6) is 0 Å². The standard InChI is InChI=1S/C16H23F3N2/c1-11(2)7-8-21(13-3-4-13)14-5-6-15(16(17,18)19)12(9-14)10-20/h5-6,9,11,13H,3-4,7-8,10,20H2,1-2H3. The van der Waals surface area contributed by atoms with Gasteiger partial charge in [0.1, 0.15) is 0 Å². The molecule has 0 aromatic heterocycles. The van der Waals surface area contributed by atoms with Crippen LogP contribution in [0.4, 0.5) is 18.9 Å². The van der Waals surface area contributed by atoms with Gasteiger partial charge in [0.15, 0.2) is 0 Å². The third-order valence-electron chi connectivity index (χ3n) is 3.88. The van der Waals surface area contributed by atoms with Crippen LogP contribution in [0.1, 0.15) is 44.2 Å². The second-order valence-electron chi connectivity index (χ2n) is 6.15. The van der Waals surface area contributed by atoms with E-state index in [0.29, 0.717) is 12.0 Å². The minimum absolute atomic E-state index is 0.0919. The molecule has 0 aliphatic heterocycles. The van der Waals surface area contributed by atoms with E-state index in [0.717, 1.165) is 31.5 Å². The van der Waals surface area contributed by atoms with Crippen LogP contribution in [0, 0.1) is 5.92 Å². The normalized spacial score (nSPS) is 15.6. The highest BCUT2D eigenvalue weighted by atomic mass is 19.4. The van der Waals surface area contributed by atoms with E-state index in [-0.39, 0.29) is 12.1 Å². The van der Waals surface area contributed by atoms with Gasteiger partial charge in [-0.2, -0.15) is 13.2 Å². The molecule has 1 saturated carbocycles. The predicted molar refractivity (Wildman–Crippen MR) is 79.2 cm³/mol. The summed E-state index contributed by atoms with van der Waals surface area (Å²) in [4.78, 5) is 2.24. The van der Waals surface area contributed by atoms with Crippen LogP contribution < -0.4 is 10.6 Å². The summed E-state index contributed by atoms with van der Waals surface area (Å²) in [5, 5.41) is 0. The Labute approximate surface area is 124 Å². The van der Waals surface area contributed by atoms with Gasteiger partial charge in [-0.3, -0.25) is 0 Å². The lowest BCUT2D eigenvalue weighted by atomic mass is 10.0. The summed E-state index contributed by atoms with van der Waals surface area (Å²) >= 11 is 0. The summed E-state index contributed by atoms with van der Waals surface area (Å²) in [5.41, 5.74) is 5.94. The Morgan fingerprint density at radius 1 is 1.29 bits per heavy atom. The quantitative estimate of drug-likeness (QED) is 0.854. The van der Waals surface area contributed by atoms with Crippen LogP contribution in [0.2, 0.25) is 0 Å². The van der Waals surface area contributed by atoms with Gasteiger partial charge in [-0.05, 0) is 48.9 Å². The topological polar surface area (TPSA) is 29.3 Å². The molecule has 1 aromatic carbocycles. The molecule has 5 heteroatoms. The van der Waals surface area contributed by atoms with E-state index in [1.165, 1.54) is 6.07 Å². The van der Waals surface area contributed by atoms with Crippen molar-refractivity contribution in [2.45, 2.75) is 51.9 Å². The van der Waals surface area contributed by atoms with Crippen molar-refractivity contribution in [1.29, 1.82) is 0 Å². The van der Waals surface area contributed by atoms with Crippen molar-refractivity contribution in [1.82, 2.24) is 0 Å². The summed E-state index contributed by atoms with van der Waals surface area (Å²) in [6, 6.07) is 4.84. The van der Waals surface area contributed by atoms with Crippen molar-refractivity contribution >= 4 is 5.69 Å². The molecule has 0 heterocycles. The Morgan fingerprint density at radius 2 is 1.95 bits per heavy atom. The molecule has 0 spiro atoms. The van der Waals surface area contributed by atoms with Crippen molar-refractivity contribution in [3.8, 4) is 0 Å². The Morgan fingerprint density at radius 3 is 2.43 bits per heavy atom. The molecule has 2 nitrogen and oxygen atoms in total. The fourth-order valence-electron chi connectivity index (χ4n) is 2.51. The zero-order chi connectivity index (χ0) is 15.6. The number of alkyl halides is 3. The number of halogens is 3. The molecule has 1 fully saturated rings. The van der Waals surface area contributed by atoms with Gasteiger partial charge >= 0.3 is 6.18 Å². The van der Waals surface area contributed by atoms with Gasteiger partial charge < -0.3 is 10.6 Å². The lowest BCUT2D eigenvalue weighted by Gasteiger charge is -2.27. The first-order valence-electron chi connectivity index (χ1n) is 7.49. The summed E-state index contributed by atoms with van der Waals surface area (Å²) in [6.45, 7) is 5.11. The molecule has 118 valence electrons. The van der Waals surface area contributed by atoms with Gasteiger partial charge in [-0.1, -0.05) is 13.8 Å². The molecule has 2 rings (SSSR count). The highest BCUT2D eigenvalue weighted by molar-refractivity contribution is 5.53. The molecule has 0 saturated heterocycles. The van der Waals surface area contributed by atoms with E-state index in [4.69, 9.17) is 5.73 Å². The van der Waals surface area contributed by atoms with Crippen molar-refractivity contribution in [2.24, 2.45) is 11.7 Å². The van der Waals surface area contributed by atoms with E-state index in [2.05, 4.69) is 18.7 Å². The zero-order valence-corrected chi connectivity index (χ0v) is 12.6. The monoisotopic (exact) mass is 300 g/mol. The van der Waals surface area contributed by atoms with Gasteiger partial charge in [0.05, 0.1) is 5.56 Å². The third-order valence-corrected chi connectivity index (χ3v) is 3.88. The summed E-state index contributed by atoms with van der Waals surface area (Å²) in [5.74, 6) is 0.578. The van der Waals surface area contributed by atoms with Crippen LogP contribution in [-0.2, 0) is 12.7 Å². The highest BCUT2D eigenvalue weighted by Crippen LogP contribution is 2.37. The Hall–Kier alpha value is -1.23. The maximum Gasteiger partial charge on any atom is 0.416 e. The number of hydrogen-bond acceptors (Lipinski definition) is 2. The maximum absolute atomic E-state index is 12.9. The number of hydrogen-bond donors (Lipinski definition) is 1. The van der Waals surface area contributed by atoms with Gasteiger partial charge in [-0.15, -0.1) is 0 Å². The number of nitrogens with zero attached hydrogens (tertiary/aromatic N) is 1. The fourth-order valence-corrected chi connectivity index (χ4v) is 2.51. The van der Waals surface area contributed by atoms with Crippen LogP contribution in [0.15, 0.2) is 18.2 Å². The second-order valence-corrected chi connectivity index (χ2v) is 6.15. The predicted octanol–water partition coefficient (Wildman–Crippen LogP) is 4.18. The summed E-state index contributed by atoms with van der Waals surface area (Å²) in [6.07, 6.45) is -1.06. The van der Waals surface area contributed by atoms with Gasteiger partial charge in [0, 0.05) is 24.8 Å². The highest BCUT2D eigenvalue weighted by Gasteiger charge is 2.34.